The summed E-state index contributed by atoms with van der Waals surface area (Å²) in [5.41, 5.74) is 1.39. The molecule has 132 valence electrons. The maximum Gasteiger partial charge on any atom is 0.222 e. The summed E-state index contributed by atoms with van der Waals surface area (Å²) >= 11 is 1.80. The number of thiophene rings is 1. The SMILES string of the molecule is CNCC1CCN(C(=O)CCCc2csc3ccccc23)CC1.Cl. The van der Waals surface area contributed by atoms with Crippen molar-refractivity contribution in [3.05, 3.63) is 35.2 Å². The predicted octanol–water partition coefficient (Wildman–Crippen LogP) is 4.10. The van der Waals surface area contributed by atoms with Crippen LogP contribution in [0.1, 0.15) is 31.2 Å². The number of hydrogen-bond acceptors (Lipinski definition) is 3. The van der Waals surface area contributed by atoms with Gasteiger partial charge in [0.05, 0.1) is 0 Å². The van der Waals surface area contributed by atoms with Gasteiger partial charge in [0.1, 0.15) is 0 Å². The van der Waals surface area contributed by atoms with Gasteiger partial charge in [0, 0.05) is 24.2 Å². The molecule has 0 radical (unpaired) electrons. The van der Waals surface area contributed by atoms with Crippen LogP contribution in [0.2, 0.25) is 0 Å². The Bertz CT molecular complexity index is 650. The molecule has 24 heavy (non-hydrogen) atoms. The Labute approximate surface area is 154 Å². The lowest BCUT2D eigenvalue weighted by Crippen LogP contribution is -2.40. The average molecular weight is 367 g/mol. The summed E-state index contributed by atoms with van der Waals surface area (Å²) in [5, 5.41) is 6.85. The van der Waals surface area contributed by atoms with Crippen molar-refractivity contribution in [1.82, 2.24) is 10.2 Å². The maximum absolute atomic E-state index is 12.4. The number of nitrogens with one attached hydrogen (secondary N) is 1. The van der Waals surface area contributed by atoms with Gasteiger partial charge in [-0.15, -0.1) is 23.7 Å². The smallest absolute Gasteiger partial charge is 0.222 e. The van der Waals surface area contributed by atoms with E-state index in [0.717, 1.165) is 51.2 Å². The second-order valence-corrected chi connectivity index (χ2v) is 7.40. The van der Waals surface area contributed by atoms with Crippen LogP contribution in [0.5, 0.6) is 0 Å². The Kier molecular flexibility index (Phi) is 7.53. The van der Waals surface area contributed by atoms with Gasteiger partial charge in [-0.25, -0.2) is 0 Å². The molecule has 1 aliphatic heterocycles. The number of fused-ring (bicyclic) bond motifs is 1. The summed E-state index contributed by atoms with van der Waals surface area (Å²) in [5.74, 6) is 1.08. The molecule has 0 spiro atoms. The van der Waals surface area contributed by atoms with Gasteiger partial charge >= 0.3 is 0 Å². The molecule has 3 rings (SSSR count). The molecule has 1 fully saturated rings. The molecule has 2 aromatic rings. The third-order valence-electron chi connectivity index (χ3n) is 4.86. The van der Waals surface area contributed by atoms with E-state index in [2.05, 4.69) is 39.9 Å². The highest BCUT2D eigenvalue weighted by atomic mass is 35.5. The van der Waals surface area contributed by atoms with Crippen LogP contribution in [0, 0.1) is 5.92 Å². The number of carbonyl (C=O) groups is 1. The zero-order chi connectivity index (χ0) is 16.1. The van der Waals surface area contributed by atoms with Crippen LogP contribution in [0.25, 0.3) is 10.1 Å². The highest BCUT2D eigenvalue weighted by molar-refractivity contribution is 7.17. The summed E-state index contributed by atoms with van der Waals surface area (Å²) in [6.45, 7) is 2.95. The molecule has 5 heteroatoms. The molecule has 2 heterocycles. The molecule has 0 atom stereocenters. The molecule has 1 aliphatic rings. The summed E-state index contributed by atoms with van der Waals surface area (Å²) in [6, 6.07) is 8.54. The number of likely N-dealkylation sites (tertiary alicyclic amines) is 1. The number of hydrogen-bond donors (Lipinski definition) is 1. The van der Waals surface area contributed by atoms with E-state index >= 15 is 0 Å². The van der Waals surface area contributed by atoms with Crippen molar-refractivity contribution in [3.63, 3.8) is 0 Å². The second-order valence-electron chi connectivity index (χ2n) is 6.49. The number of aryl methyl sites for hydroxylation is 1. The number of carbonyl (C=O) groups excluding carboxylic acids is 1. The molecule has 1 amide bonds. The van der Waals surface area contributed by atoms with Crippen LogP contribution in [0.15, 0.2) is 29.6 Å². The Balaban J connectivity index is 0.00000208. The molecule has 0 unspecified atom stereocenters. The lowest BCUT2D eigenvalue weighted by atomic mass is 9.96. The first-order chi connectivity index (χ1) is 11.3. The third-order valence-corrected chi connectivity index (χ3v) is 5.87. The Morgan fingerprint density at radius 1 is 1.29 bits per heavy atom. The van der Waals surface area contributed by atoms with E-state index in [1.807, 2.05) is 7.05 Å². The van der Waals surface area contributed by atoms with Crippen LogP contribution in [0.3, 0.4) is 0 Å². The fourth-order valence-electron chi connectivity index (χ4n) is 3.49. The zero-order valence-corrected chi connectivity index (χ0v) is 15.9. The van der Waals surface area contributed by atoms with E-state index in [1.54, 1.807) is 11.3 Å². The Hall–Kier alpha value is -1.10. The van der Waals surface area contributed by atoms with Gasteiger partial charge in [-0.1, -0.05) is 18.2 Å². The zero-order valence-electron chi connectivity index (χ0n) is 14.3. The molecular formula is C19H27ClN2OS. The van der Waals surface area contributed by atoms with E-state index in [9.17, 15) is 4.79 Å². The third kappa shape index (κ3) is 4.71. The van der Waals surface area contributed by atoms with Crippen LogP contribution >= 0.6 is 23.7 Å². The van der Waals surface area contributed by atoms with Crippen LogP contribution in [0.4, 0.5) is 0 Å². The molecule has 0 bridgehead atoms. The van der Waals surface area contributed by atoms with Crippen LogP contribution in [-0.2, 0) is 11.2 Å². The minimum Gasteiger partial charge on any atom is -0.343 e. The van der Waals surface area contributed by atoms with Gasteiger partial charge in [-0.2, -0.15) is 0 Å². The van der Waals surface area contributed by atoms with Crippen molar-refractivity contribution in [2.45, 2.75) is 32.1 Å². The summed E-state index contributed by atoms with van der Waals surface area (Å²) in [4.78, 5) is 14.4. The molecule has 1 aromatic heterocycles. The van der Waals surface area contributed by atoms with Crippen LogP contribution in [-0.4, -0.2) is 37.5 Å². The molecule has 0 saturated carbocycles. The Morgan fingerprint density at radius 2 is 2.04 bits per heavy atom. The first-order valence-electron chi connectivity index (χ1n) is 8.65. The number of amides is 1. The number of piperidine rings is 1. The first-order valence-corrected chi connectivity index (χ1v) is 9.53. The monoisotopic (exact) mass is 366 g/mol. The fourth-order valence-corrected chi connectivity index (χ4v) is 4.49. The minimum absolute atomic E-state index is 0. The number of halogens is 1. The molecule has 0 aliphatic carbocycles. The van der Waals surface area contributed by atoms with Crippen LogP contribution < -0.4 is 5.32 Å². The van der Waals surface area contributed by atoms with Gasteiger partial charge < -0.3 is 10.2 Å². The fraction of sp³-hybridized carbons (Fsp3) is 0.526. The normalized spacial score (nSPS) is 15.5. The quantitative estimate of drug-likeness (QED) is 0.834. The van der Waals surface area contributed by atoms with Crippen molar-refractivity contribution >= 4 is 39.7 Å². The molecule has 3 nitrogen and oxygen atoms in total. The standard InChI is InChI=1S/C19H26N2OS.ClH/c1-20-13-15-9-11-21(12-10-15)19(22)8-4-5-16-14-23-18-7-3-2-6-17(16)18;/h2-3,6-7,14-15,20H,4-5,8-13H2,1H3;1H. The minimum atomic E-state index is 0. The summed E-state index contributed by atoms with van der Waals surface area (Å²) in [6.07, 6.45) is 4.92. The highest BCUT2D eigenvalue weighted by Crippen LogP contribution is 2.27. The highest BCUT2D eigenvalue weighted by Gasteiger charge is 2.21. The maximum atomic E-state index is 12.4. The second kappa shape index (κ2) is 9.40. The number of rotatable bonds is 6. The van der Waals surface area contributed by atoms with Gasteiger partial charge in [-0.3, -0.25) is 4.79 Å². The van der Waals surface area contributed by atoms with Gasteiger partial charge in [0.25, 0.3) is 0 Å². The van der Waals surface area contributed by atoms with E-state index in [4.69, 9.17) is 0 Å². The van der Waals surface area contributed by atoms with Crippen molar-refractivity contribution in [2.75, 3.05) is 26.7 Å². The average Bonchev–Trinajstić information content (AvgIpc) is 2.99. The topological polar surface area (TPSA) is 32.3 Å². The van der Waals surface area contributed by atoms with E-state index in [0.29, 0.717) is 12.3 Å². The van der Waals surface area contributed by atoms with Gasteiger partial charge in [0.2, 0.25) is 5.91 Å². The van der Waals surface area contributed by atoms with Crippen molar-refractivity contribution in [1.29, 1.82) is 0 Å². The van der Waals surface area contributed by atoms with Crippen molar-refractivity contribution in [2.24, 2.45) is 5.92 Å². The van der Waals surface area contributed by atoms with E-state index < -0.39 is 0 Å². The first kappa shape index (κ1) is 19.2. The largest absolute Gasteiger partial charge is 0.343 e. The number of nitrogens with zero attached hydrogens (tertiary/aromatic N) is 1. The van der Waals surface area contributed by atoms with Gasteiger partial charge in [0.15, 0.2) is 0 Å². The number of benzene rings is 1. The lowest BCUT2D eigenvalue weighted by molar-refractivity contribution is -0.132. The van der Waals surface area contributed by atoms with Crippen molar-refractivity contribution in [3.8, 4) is 0 Å². The van der Waals surface area contributed by atoms with Crippen molar-refractivity contribution < 1.29 is 4.79 Å². The van der Waals surface area contributed by atoms with Gasteiger partial charge in [-0.05, 0) is 67.6 Å². The molecule has 1 N–H and O–H groups in total. The lowest BCUT2D eigenvalue weighted by Gasteiger charge is -2.32. The van der Waals surface area contributed by atoms with E-state index in [-0.39, 0.29) is 12.4 Å². The predicted molar refractivity (Wildman–Crippen MR) is 105 cm³/mol. The molecule has 1 saturated heterocycles. The summed E-state index contributed by atoms with van der Waals surface area (Å²) in [7, 11) is 2.01. The molecular weight excluding hydrogens is 340 g/mol. The molecule has 1 aromatic carbocycles. The van der Waals surface area contributed by atoms with E-state index in [1.165, 1.54) is 15.6 Å². The Morgan fingerprint density at radius 3 is 2.79 bits per heavy atom. The summed E-state index contributed by atoms with van der Waals surface area (Å²) < 4.78 is 1.35.